The zero-order valence-corrected chi connectivity index (χ0v) is 12.7. The SMILES string of the molecule is [c]1ccccc1CN(Cc1ccccc1)Cc1ccccc1. The molecule has 1 nitrogen and oxygen atoms in total. The Morgan fingerprint density at radius 1 is 0.591 bits per heavy atom. The summed E-state index contributed by atoms with van der Waals surface area (Å²) in [6, 6.07) is 32.8. The lowest BCUT2D eigenvalue weighted by molar-refractivity contribution is 0.247. The lowest BCUT2D eigenvalue weighted by Gasteiger charge is -2.22. The lowest BCUT2D eigenvalue weighted by Crippen LogP contribution is -2.22. The third kappa shape index (κ3) is 4.31. The van der Waals surface area contributed by atoms with E-state index in [0.717, 1.165) is 19.6 Å². The standard InChI is InChI=1S/C21H20N/c1-4-10-19(11-5-1)16-22(17-20-12-6-2-7-13-20)18-21-14-8-3-9-15-21/h1-14H,16-18H2. The molecular formula is C21H20N. The average Bonchev–Trinajstić information content (AvgIpc) is 2.57. The summed E-state index contributed by atoms with van der Waals surface area (Å²) in [5.74, 6) is 0. The summed E-state index contributed by atoms with van der Waals surface area (Å²) in [6.45, 7) is 2.79. The van der Waals surface area contributed by atoms with E-state index >= 15 is 0 Å². The van der Waals surface area contributed by atoms with Crippen LogP contribution in [0.2, 0.25) is 0 Å². The van der Waals surface area contributed by atoms with Gasteiger partial charge in [-0.25, -0.2) is 0 Å². The molecule has 0 atom stereocenters. The predicted molar refractivity (Wildman–Crippen MR) is 91.1 cm³/mol. The first-order valence-electron chi connectivity index (χ1n) is 7.66. The first-order chi connectivity index (χ1) is 10.9. The maximum absolute atomic E-state index is 3.33. The van der Waals surface area contributed by atoms with Crippen molar-refractivity contribution in [1.29, 1.82) is 0 Å². The van der Waals surface area contributed by atoms with Crippen molar-refractivity contribution in [3.8, 4) is 0 Å². The summed E-state index contributed by atoms with van der Waals surface area (Å²) < 4.78 is 0. The lowest BCUT2D eigenvalue weighted by atomic mass is 10.1. The number of nitrogens with zero attached hydrogens (tertiary/aromatic N) is 1. The van der Waals surface area contributed by atoms with Crippen molar-refractivity contribution in [3.63, 3.8) is 0 Å². The van der Waals surface area contributed by atoms with Crippen molar-refractivity contribution in [2.24, 2.45) is 0 Å². The number of rotatable bonds is 6. The van der Waals surface area contributed by atoms with Gasteiger partial charge >= 0.3 is 0 Å². The van der Waals surface area contributed by atoms with Crippen molar-refractivity contribution in [2.45, 2.75) is 19.6 Å². The van der Waals surface area contributed by atoms with Crippen LogP contribution in [-0.4, -0.2) is 4.90 Å². The molecule has 0 bridgehead atoms. The first kappa shape index (κ1) is 14.6. The summed E-state index contributed by atoms with van der Waals surface area (Å²) in [5, 5.41) is 0. The van der Waals surface area contributed by atoms with E-state index in [1.165, 1.54) is 16.7 Å². The molecule has 1 radical (unpaired) electrons. The van der Waals surface area contributed by atoms with Crippen molar-refractivity contribution in [1.82, 2.24) is 4.90 Å². The Balaban J connectivity index is 1.75. The maximum Gasteiger partial charge on any atom is 0.0247 e. The first-order valence-corrected chi connectivity index (χ1v) is 7.66. The maximum atomic E-state index is 3.33. The molecule has 0 aliphatic rings. The third-order valence-corrected chi connectivity index (χ3v) is 3.67. The van der Waals surface area contributed by atoms with Gasteiger partial charge in [0, 0.05) is 19.6 Å². The highest BCUT2D eigenvalue weighted by Crippen LogP contribution is 2.13. The van der Waals surface area contributed by atoms with Crippen molar-refractivity contribution >= 4 is 0 Å². The second-order valence-corrected chi connectivity index (χ2v) is 5.50. The van der Waals surface area contributed by atoms with Gasteiger partial charge in [0.1, 0.15) is 0 Å². The van der Waals surface area contributed by atoms with Crippen LogP contribution in [0.5, 0.6) is 0 Å². The summed E-state index contributed by atoms with van der Waals surface area (Å²) in [6.07, 6.45) is 0. The Morgan fingerprint density at radius 2 is 1.14 bits per heavy atom. The van der Waals surface area contributed by atoms with Crippen LogP contribution in [0.4, 0.5) is 0 Å². The van der Waals surface area contributed by atoms with E-state index in [2.05, 4.69) is 83.8 Å². The molecule has 0 heterocycles. The molecule has 0 aromatic heterocycles. The van der Waals surface area contributed by atoms with Crippen LogP contribution >= 0.6 is 0 Å². The van der Waals surface area contributed by atoms with Crippen LogP contribution in [0.3, 0.4) is 0 Å². The molecule has 0 amide bonds. The highest BCUT2D eigenvalue weighted by Gasteiger charge is 2.08. The van der Waals surface area contributed by atoms with E-state index in [0.29, 0.717) is 0 Å². The van der Waals surface area contributed by atoms with Crippen LogP contribution in [0.15, 0.2) is 84.9 Å². The van der Waals surface area contributed by atoms with Crippen molar-refractivity contribution < 1.29 is 0 Å². The number of hydrogen-bond acceptors (Lipinski definition) is 1. The smallest absolute Gasteiger partial charge is 0.0247 e. The quantitative estimate of drug-likeness (QED) is 0.635. The summed E-state index contributed by atoms with van der Waals surface area (Å²) in [5.41, 5.74) is 3.91. The Hall–Kier alpha value is -2.38. The zero-order chi connectivity index (χ0) is 15.0. The van der Waals surface area contributed by atoms with E-state index in [9.17, 15) is 0 Å². The van der Waals surface area contributed by atoms with E-state index in [1.54, 1.807) is 0 Å². The Bertz CT molecular complexity index is 563. The van der Waals surface area contributed by atoms with Crippen LogP contribution in [-0.2, 0) is 19.6 Å². The molecule has 0 saturated carbocycles. The van der Waals surface area contributed by atoms with Gasteiger partial charge in [-0.2, -0.15) is 0 Å². The molecule has 0 N–H and O–H groups in total. The van der Waals surface area contributed by atoms with E-state index in [4.69, 9.17) is 0 Å². The van der Waals surface area contributed by atoms with Gasteiger partial charge in [0.25, 0.3) is 0 Å². The molecule has 3 aromatic rings. The van der Waals surface area contributed by atoms with Crippen LogP contribution < -0.4 is 0 Å². The molecule has 0 fully saturated rings. The second kappa shape index (κ2) is 7.58. The monoisotopic (exact) mass is 286 g/mol. The van der Waals surface area contributed by atoms with Crippen LogP contribution in [0.1, 0.15) is 16.7 Å². The molecule has 3 rings (SSSR count). The van der Waals surface area contributed by atoms with Crippen LogP contribution in [0, 0.1) is 6.07 Å². The molecule has 0 aliphatic heterocycles. The van der Waals surface area contributed by atoms with Crippen molar-refractivity contribution in [2.75, 3.05) is 0 Å². The van der Waals surface area contributed by atoms with Gasteiger partial charge < -0.3 is 0 Å². The number of benzene rings is 3. The summed E-state index contributed by atoms with van der Waals surface area (Å²) in [7, 11) is 0. The largest absolute Gasteiger partial charge is 0.291 e. The van der Waals surface area contributed by atoms with Gasteiger partial charge in [0.15, 0.2) is 0 Å². The molecule has 22 heavy (non-hydrogen) atoms. The highest BCUT2D eigenvalue weighted by atomic mass is 15.1. The van der Waals surface area contributed by atoms with Gasteiger partial charge in [-0.15, -0.1) is 0 Å². The predicted octanol–water partition coefficient (Wildman–Crippen LogP) is 4.69. The fourth-order valence-electron chi connectivity index (χ4n) is 2.62. The van der Waals surface area contributed by atoms with Gasteiger partial charge in [-0.1, -0.05) is 84.9 Å². The minimum atomic E-state index is 0.907. The third-order valence-electron chi connectivity index (χ3n) is 3.67. The fraction of sp³-hybridized carbons (Fsp3) is 0.143. The number of hydrogen-bond donors (Lipinski definition) is 0. The Kier molecular flexibility index (Phi) is 5.01. The topological polar surface area (TPSA) is 3.24 Å². The molecule has 0 unspecified atom stereocenters. The van der Waals surface area contributed by atoms with E-state index in [-0.39, 0.29) is 0 Å². The summed E-state index contributed by atoms with van der Waals surface area (Å²) >= 11 is 0. The van der Waals surface area contributed by atoms with E-state index < -0.39 is 0 Å². The van der Waals surface area contributed by atoms with Gasteiger partial charge in [-0.05, 0) is 22.8 Å². The minimum Gasteiger partial charge on any atom is -0.291 e. The molecule has 0 saturated heterocycles. The molecular weight excluding hydrogens is 266 g/mol. The molecule has 0 spiro atoms. The van der Waals surface area contributed by atoms with Crippen LogP contribution in [0.25, 0.3) is 0 Å². The fourth-order valence-corrected chi connectivity index (χ4v) is 2.62. The Morgan fingerprint density at radius 3 is 1.64 bits per heavy atom. The molecule has 1 heteroatoms. The Labute approximate surface area is 132 Å². The van der Waals surface area contributed by atoms with Crippen molar-refractivity contribution in [3.05, 3.63) is 108 Å². The zero-order valence-electron chi connectivity index (χ0n) is 12.7. The van der Waals surface area contributed by atoms with Gasteiger partial charge in [0.05, 0.1) is 0 Å². The van der Waals surface area contributed by atoms with Gasteiger partial charge in [0.2, 0.25) is 0 Å². The average molecular weight is 286 g/mol. The van der Waals surface area contributed by atoms with E-state index in [1.807, 2.05) is 12.1 Å². The minimum absolute atomic E-state index is 0.907. The summed E-state index contributed by atoms with van der Waals surface area (Å²) in [4.78, 5) is 2.45. The molecule has 109 valence electrons. The van der Waals surface area contributed by atoms with Gasteiger partial charge in [-0.3, -0.25) is 4.90 Å². The molecule has 0 aliphatic carbocycles. The highest BCUT2D eigenvalue weighted by molar-refractivity contribution is 5.18. The molecule has 3 aromatic carbocycles. The second-order valence-electron chi connectivity index (χ2n) is 5.50. The normalized spacial score (nSPS) is 10.8.